The zero-order chi connectivity index (χ0) is 24.1. The van der Waals surface area contributed by atoms with Gasteiger partial charge in [0.05, 0.1) is 18.7 Å². The standard InChI is InChI=1S/C24H23BrN2O6/c1-13(26)32-24(27)15-7-5-14(6-8-15)22(30-3)21(28)19-10-9-18(33-19)16-11-17(25)23(31-4)20(12-16)29-2/h5-12,22,26-27H,1-4H3. The molecule has 0 amide bonds. The Morgan fingerprint density at radius 2 is 1.70 bits per heavy atom. The van der Waals surface area contributed by atoms with Gasteiger partial charge in [-0.25, -0.2) is 0 Å². The van der Waals surface area contributed by atoms with Crippen molar-refractivity contribution in [2.45, 2.75) is 13.0 Å². The van der Waals surface area contributed by atoms with Gasteiger partial charge >= 0.3 is 0 Å². The van der Waals surface area contributed by atoms with E-state index in [1.165, 1.54) is 14.0 Å². The van der Waals surface area contributed by atoms with E-state index in [-0.39, 0.29) is 23.3 Å². The average molecular weight is 515 g/mol. The lowest BCUT2D eigenvalue weighted by molar-refractivity contribution is 0.0577. The van der Waals surface area contributed by atoms with Crippen molar-refractivity contribution in [3.05, 3.63) is 69.9 Å². The molecule has 0 saturated carbocycles. The largest absolute Gasteiger partial charge is 0.493 e. The van der Waals surface area contributed by atoms with Crippen molar-refractivity contribution in [3.8, 4) is 22.8 Å². The van der Waals surface area contributed by atoms with Gasteiger partial charge in [0.15, 0.2) is 23.2 Å². The van der Waals surface area contributed by atoms with Crippen LogP contribution < -0.4 is 9.47 Å². The molecule has 2 N–H and O–H groups in total. The van der Waals surface area contributed by atoms with Gasteiger partial charge in [0, 0.05) is 25.2 Å². The predicted molar refractivity (Wildman–Crippen MR) is 127 cm³/mol. The van der Waals surface area contributed by atoms with Crippen LogP contribution in [0.5, 0.6) is 11.5 Å². The van der Waals surface area contributed by atoms with Crippen LogP contribution in [-0.4, -0.2) is 38.9 Å². The summed E-state index contributed by atoms with van der Waals surface area (Å²) in [4.78, 5) is 13.1. The highest BCUT2D eigenvalue weighted by Crippen LogP contribution is 2.40. The summed E-state index contributed by atoms with van der Waals surface area (Å²) in [5, 5.41) is 15.2. The third-order valence-electron chi connectivity index (χ3n) is 4.77. The lowest BCUT2D eigenvalue weighted by Crippen LogP contribution is -2.15. The van der Waals surface area contributed by atoms with Crippen LogP contribution in [0.15, 0.2) is 57.4 Å². The van der Waals surface area contributed by atoms with Crippen LogP contribution in [-0.2, 0) is 9.47 Å². The molecule has 1 unspecified atom stereocenters. The second kappa shape index (κ2) is 10.5. The van der Waals surface area contributed by atoms with E-state index in [1.54, 1.807) is 56.7 Å². The molecule has 9 heteroatoms. The number of halogens is 1. The Kier molecular flexibility index (Phi) is 7.67. The zero-order valence-corrected chi connectivity index (χ0v) is 20.1. The number of benzene rings is 2. The Morgan fingerprint density at radius 3 is 2.27 bits per heavy atom. The van der Waals surface area contributed by atoms with Gasteiger partial charge in [-0.1, -0.05) is 12.1 Å². The molecule has 0 radical (unpaired) electrons. The van der Waals surface area contributed by atoms with Gasteiger partial charge in [0.1, 0.15) is 11.9 Å². The van der Waals surface area contributed by atoms with Crippen LogP contribution >= 0.6 is 15.9 Å². The molecule has 3 rings (SSSR count). The van der Waals surface area contributed by atoms with Crippen LogP contribution in [0.25, 0.3) is 11.3 Å². The molecule has 2 aromatic carbocycles. The minimum atomic E-state index is -0.894. The van der Waals surface area contributed by atoms with Crippen molar-refractivity contribution in [1.82, 2.24) is 0 Å². The summed E-state index contributed by atoms with van der Waals surface area (Å²) in [5.74, 6) is 1.13. The second-order valence-corrected chi connectivity index (χ2v) is 7.80. The maximum Gasteiger partial charge on any atom is 0.231 e. The fourth-order valence-electron chi connectivity index (χ4n) is 3.23. The van der Waals surface area contributed by atoms with Gasteiger partial charge in [-0.2, -0.15) is 0 Å². The summed E-state index contributed by atoms with van der Waals surface area (Å²) < 4.78 is 27.7. The molecule has 0 aliphatic rings. The van der Waals surface area contributed by atoms with Crippen LogP contribution in [0.2, 0.25) is 0 Å². The number of ketones is 1. The van der Waals surface area contributed by atoms with Crippen molar-refractivity contribution in [2.24, 2.45) is 0 Å². The Hall–Kier alpha value is -3.43. The third kappa shape index (κ3) is 5.32. The molecule has 0 aliphatic heterocycles. The molecule has 0 spiro atoms. The summed E-state index contributed by atoms with van der Waals surface area (Å²) in [7, 11) is 4.53. The van der Waals surface area contributed by atoms with E-state index in [0.717, 1.165) is 0 Å². The first kappa shape index (κ1) is 24.2. The van der Waals surface area contributed by atoms with Gasteiger partial charge in [0.25, 0.3) is 0 Å². The Bertz CT molecular complexity index is 1190. The Balaban J connectivity index is 1.85. The van der Waals surface area contributed by atoms with Crippen molar-refractivity contribution >= 4 is 33.5 Å². The summed E-state index contributed by atoms with van der Waals surface area (Å²) >= 11 is 3.46. The SMILES string of the molecule is COc1cc(-c2ccc(C(=O)C(OC)c3ccc(C(=N)OC(C)=N)cc3)o2)cc(Br)c1OC. The molecule has 1 aromatic heterocycles. The van der Waals surface area contributed by atoms with Crippen LogP contribution in [0.3, 0.4) is 0 Å². The molecular weight excluding hydrogens is 492 g/mol. The van der Waals surface area contributed by atoms with E-state index in [4.69, 9.17) is 34.2 Å². The highest BCUT2D eigenvalue weighted by Gasteiger charge is 2.25. The summed E-state index contributed by atoms with van der Waals surface area (Å²) in [6.07, 6.45) is -0.894. The maximum absolute atomic E-state index is 13.1. The van der Waals surface area contributed by atoms with Crippen LogP contribution in [0.4, 0.5) is 0 Å². The second-order valence-electron chi connectivity index (χ2n) is 6.95. The van der Waals surface area contributed by atoms with Gasteiger partial charge in [-0.3, -0.25) is 15.6 Å². The smallest absolute Gasteiger partial charge is 0.231 e. The molecule has 0 fully saturated rings. The molecular formula is C24H23BrN2O6. The molecule has 3 aromatic rings. The Labute approximate surface area is 199 Å². The van der Waals surface area contributed by atoms with E-state index < -0.39 is 6.10 Å². The third-order valence-corrected chi connectivity index (χ3v) is 5.36. The normalized spacial score (nSPS) is 11.5. The first-order chi connectivity index (χ1) is 15.8. The van der Waals surface area contributed by atoms with Crippen molar-refractivity contribution in [2.75, 3.05) is 21.3 Å². The lowest BCUT2D eigenvalue weighted by Gasteiger charge is -2.14. The number of carbonyl (C=O) groups is 1. The minimum Gasteiger partial charge on any atom is -0.493 e. The average Bonchev–Trinajstić information content (AvgIpc) is 3.29. The molecule has 1 heterocycles. The van der Waals surface area contributed by atoms with Crippen molar-refractivity contribution in [1.29, 1.82) is 10.8 Å². The predicted octanol–water partition coefficient (Wildman–Crippen LogP) is 5.64. The summed E-state index contributed by atoms with van der Waals surface area (Å²) in [6.45, 7) is 1.45. The molecule has 1 atom stereocenters. The zero-order valence-electron chi connectivity index (χ0n) is 18.5. The van der Waals surface area contributed by atoms with Gasteiger partial charge < -0.3 is 23.4 Å². The first-order valence-corrected chi connectivity index (χ1v) is 10.6. The number of hydrogen-bond donors (Lipinski definition) is 2. The van der Waals surface area contributed by atoms with E-state index in [1.807, 2.05) is 6.07 Å². The number of methoxy groups -OCH3 is 3. The van der Waals surface area contributed by atoms with Crippen LogP contribution in [0, 0.1) is 10.8 Å². The van der Waals surface area contributed by atoms with Crippen LogP contribution in [0.1, 0.15) is 34.7 Å². The fourth-order valence-corrected chi connectivity index (χ4v) is 3.83. The summed E-state index contributed by atoms with van der Waals surface area (Å²) in [5.41, 5.74) is 1.78. The van der Waals surface area contributed by atoms with Crippen molar-refractivity contribution < 1.29 is 28.2 Å². The highest BCUT2D eigenvalue weighted by atomic mass is 79.9. The van der Waals surface area contributed by atoms with E-state index in [0.29, 0.717) is 38.4 Å². The maximum atomic E-state index is 13.1. The number of nitrogens with one attached hydrogen (secondary N) is 2. The van der Waals surface area contributed by atoms with E-state index >= 15 is 0 Å². The highest BCUT2D eigenvalue weighted by molar-refractivity contribution is 9.10. The van der Waals surface area contributed by atoms with Gasteiger partial charge in [-0.05, 0) is 57.9 Å². The van der Waals surface area contributed by atoms with Gasteiger partial charge in [0.2, 0.25) is 11.7 Å². The molecule has 0 saturated heterocycles. The molecule has 8 nitrogen and oxygen atoms in total. The number of ether oxygens (including phenoxy) is 4. The number of hydrogen-bond acceptors (Lipinski definition) is 8. The number of furan rings is 1. The molecule has 172 valence electrons. The topological polar surface area (TPSA) is 115 Å². The molecule has 0 aliphatic carbocycles. The Morgan fingerprint density at radius 1 is 1.00 bits per heavy atom. The summed E-state index contributed by atoms with van der Waals surface area (Å²) in [6, 6.07) is 13.5. The number of rotatable bonds is 8. The number of carbonyl (C=O) groups excluding carboxylic acids is 1. The fraction of sp³-hybridized carbons (Fsp3) is 0.208. The van der Waals surface area contributed by atoms with E-state index in [9.17, 15) is 4.79 Å². The minimum absolute atomic E-state index is 0.0795. The quantitative estimate of drug-likeness (QED) is 0.228. The van der Waals surface area contributed by atoms with Gasteiger partial charge in [-0.15, -0.1) is 0 Å². The monoisotopic (exact) mass is 514 g/mol. The lowest BCUT2D eigenvalue weighted by atomic mass is 10.0. The first-order valence-electron chi connectivity index (χ1n) is 9.79. The molecule has 33 heavy (non-hydrogen) atoms. The van der Waals surface area contributed by atoms with Crippen molar-refractivity contribution in [3.63, 3.8) is 0 Å². The number of Topliss-reactive ketones (excluding diaryl/α,β-unsaturated/α-hetero) is 1. The van der Waals surface area contributed by atoms with E-state index in [2.05, 4.69) is 15.9 Å². The molecule has 0 bridgehead atoms.